The maximum Gasteiger partial charge on any atom is 0.258 e. The summed E-state index contributed by atoms with van der Waals surface area (Å²) in [4.78, 5) is 20.1. The lowest BCUT2D eigenvalue weighted by Gasteiger charge is -2.38. The summed E-state index contributed by atoms with van der Waals surface area (Å²) in [7, 11) is 5.78. The van der Waals surface area contributed by atoms with Crippen molar-refractivity contribution in [3.63, 3.8) is 0 Å². The van der Waals surface area contributed by atoms with E-state index in [0.717, 1.165) is 49.5 Å². The van der Waals surface area contributed by atoms with Crippen LogP contribution in [-0.4, -0.2) is 51.1 Å². The predicted molar refractivity (Wildman–Crippen MR) is 135 cm³/mol. The van der Waals surface area contributed by atoms with Gasteiger partial charge in [0, 0.05) is 56.7 Å². The molecule has 0 N–H and O–H groups in total. The number of nitrogens with zero attached hydrogens (tertiary/aromatic N) is 3. The number of benzene rings is 3. The summed E-state index contributed by atoms with van der Waals surface area (Å²) in [5.41, 5.74) is 4.18. The number of amides is 1. The van der Waals surface area contributed by atoms with Crippen molar-refractivity contribution in [2.24, 2.45) is 0 Å². The quantitative estimate of drug-likeness (QED) is 0.511. The average molecular weight is 444 g/mol. The summed E-state index contributed by atoms with van der Waals surface area (Å²) in [5.74, 6) is 0.847. The van der Waals surface area contributed by atoms with E-state index in [1.165, 1.54) is 11.3 Å². The second kappa shape index (κ2) is 10.5. The van der Waals surface area contributed by atoms with E-state index in [9.17, 15) is 4.79 Å². The van der Waals surface area contributed by atoms with Crippen molar-refractivity contribution in [3.8, 4) is 5.75 Å². The summed E-state index contributed by atoms with van der Waals surface area (Å²) in [6.45, 7) is 2.87. The third-order valence-electron chi connectivity index (χ3n) is 6.37. The Morgan fingerprint density at radius 2 is 1.48 bits per heavy atom. The van der Waals surface area contributed by atoms with E-state index < -0.39 is 0 Å². The number of carbonyl (C=O) groups excluding carboxylic acids is 1. The van der Waals surface area contributed by atoms with Gasteiger partial charge in [-0.25, -0.2) is 0 Å². The van der Waals surface area contributed by atoms with Crippen LogP contribution in [0.15, 0.2) is 78.9 Å². The third kappa shape index (κ3) is 5.55. The zero-order valence-corrected chi connectivity index (χ0v) is 19.8. The van der Waals surface area contributed by atoms with Gasteiger partial charge in [0.05, 0.1) is 7.11 Å². The molecular formula is C28H33N3O2. The number of likely N-dealkylation sites (tertiary alicyclic amines) is 1. The lowest BCUT2D eigenvalue weighted by atomic mass is 10.00. The van der Waals surface area contributed by atoms with Gasteiger partial charge < -0.3 is 14.5 Å². The fraction of sp³-hybridized carbons (Fsp3) is 0.321. The smallest absolute Gasteiger partial charge is 0.258 e. The van der Waals surface area contributed by atoms with Crippen LogP contribution in [0.25, 0.3) is 0 Å². The van der Waals surface area contributed by atoms with E-state index >= 15 is 0 Å². The Balaban J connectivity index is 1.47. The molecule has 3 aromatic rings. The Morgan fingerprint density at radius 3 is 2.06 bits per heavy atom. The van der Waals surface area contributed by atoms with E-state index in [1.54, 1.807) is 7.11 Å². The fourth-order valence-electron chi connectivity index (χ4n) is 4.45. The minimum Gasteiger partial charge on any atom is -0.497 e. The molecule has 1 aliphatic heterocycles. The van der Waals surface area contributed by atoms with E-state index in [1.807, 2.05) is 59.5 Å². The minimum atomic E-state index is 0.0542. The van der Waals surface area contributed by atoms with Crippen molar-refractivity contribution in [2.45, 2.75) is 25.4 Å². The predicted octanol–water partition coefficient (Wildman–Crippen LogP) is 5.07. The number of hydrogen-bond acceptors (Lipinski definition) is 4. The van der Waals surface area contributed by atoms with Crippen LogP contribution in [0.1, 0.15) is 28.8 Å². The summed E-state index contributed by atoms with van der Waals surface area (Å²) in [5, 5.41) is 0. The molecule has 0 bridgehead atoms. The molecule has 1 aliphatic rings. The lowest BCUT2D eigenvalue weighted by molar-refractivity contribution is 0.0958. The number of piperidine rings is 1. The second-order valence-corrected chi connectivity index (χ2v) is 8.81. The monoisotopic (exact) mass is 443 g/mol. The van der Waals surface area contributed by atoms with Crippen molar-refractivity contribution in [2.75, 3.05) is 44.1 Å². The number of carbonyl (C=O) groups is 1. The van der Waals surface area contributed by atoms with Crippen LogP contribution in [0.3, 0.4) is 0 Å². The Morgan fingerprint density at radius 1 is 0.879 bits per heavy atom. The van der Waals surface area contributed by atoms with E-state index in [4.69, 9.17) is 4.74 Å². The first kappa shape index (κ1) is 22.9. The molecule has 0 unspecified atom stereocenters. The van der Waals surface area contributed by atoms with Crippen LogP contribution < -0.4 is 14.5 Å². The molecule has 1 saturated heterocycles. The van der Waals surface area contributed by atoms with Crippen molar-refractivity contribution in [1.29, 1.82) is 0 Å². The molecule has 4 rings (SSSR count). The first-order chi connectivity index (χ1) is 16.0. The topological polar surface area (TPSA) is 36.0 Å². The number of rotatable bonds is 7. The summed E-state index contributed by atoms with van der Waals surface area (Å²) < 4.78 is 5.32. The molecule has 172 valence electrons. The molecule has 0 spiro atoms. The van der Waals surface area contributed by atoms with Gasteiger partial charge in [0.2, 0.25) is 0 Å². The third-order valence-corrected chi connectivity index (χ3v) is 6.37. The highest BCUT2D eigenvalue weighted by molar-refractivity contribution is 6.06. The average Bonchev–Trinajstić information content (AvgIpc) is 2.86. The summed E-state index contributed by atoms with van der Waals surface area (Å²) >= 11 is 0. The Hall–Kier alpha value is -3.31. The number of methoxy groups -OCH3 is 1. The van der Waals surface area contributed by atoms with Gasteiger partial charge in [-0.15, -0.1) is 0 Å². The number of anilines is 2. The van der Waals surface area contributed by atoms with Crippen molar-refractivity contribution < 1.29 is 9.53 Å². The molecule has 0 saturated carbocycles. The Kier molecular flexibility index (Phi) is 7.30. The van der Waals surface area contributed by atoms with Crippen LogP contribution in [-0.2, 0) is 6.54 Å². The van der Waals surface area contributed by atoms with Gasteiger partial charge in [-0.2, -0.15) is 0 Å². The Labute approximate surface area is 197 Å². The van der Waals surface area contributed by atoms with Gasteiger partial charge >= 0.3 is 0 Å². The molecular weight excluding hydrogens is 410 g/mol. The zero-order chi connectivity index (χ0) is 23.2. The van der Waals surface area contributed by atoms with E-state index in [0.29, 0.717) is 0 Å². The fourth-order valence-corrected chi connectivity index (χ4v) is 4.45. The zero-order valence-electron chi connectivity index (χ0n) is 19.8. The molecule has 0 aliphatic carbocycles. The van der Waals surface area contributed by atoms with Crippen LogP contribution in [0.2, 0.25) is 0 Å². The molecule has 1 heterocycles. The van der Waals surface area contributed by atoms with E-state index in [2.05, 4.69) is 48.2 Å². The highest BCUT2D eigenvalue weighted by atomic mass is 16.5. The van der Waals surface area contributed by atoms with Crippen LogP contribution >= 0.6 is 0 Å². The highest BCUT2D eigenvalue weighted by Gasteiger charge is 2.30. The van der Waals surface area contributed by atoms with E-state index in [-0.39, 0.29) is 11.9 Å². The summed E-state index contributed by atoms with van der Waals surface area (Å²) in [6.07, 6.45) is 1.89. The minimum absolute atomic E-state index is 0.0542. The molecule has 5 heteroatoms. The number of ether oxygens (including phenoxy) is 1. The van der Waals surface area contributed by atoms with Crippen LogP contribution in [0.5, 0.6) is 5.75 Å². The summed E-state index contributed by atoms with van der Waals surface area (Å²) in [6, 6.07) is 26.3. The Bertz CT molecular complexity index is 1030. The molecule has 3 aromatic carbocycles. The van der Waals surface area contributed by atoms with Crippen LogP contribution in [0.4, 0.5) is 11.4 Å². The highest BCUT2D eigenvalue weighted by Crippen LogP contribution is 2.28. The van der Waals surface area contributed by atoms with Crippen molar-refractivity contribution in [1.82, 2.24) is 4.90 Å². The van der Waals surface area contributed by atoms with Gasteiger partial charge in [0.1, 0.15) is 5.75 Å². The molecule has 1 fully saturated rings. The molecule has 0 radical (unpaired) electrons. The first-order valence-corrected chi connectivity index (χ1v) is 11.6. The standard InChI is InChI=1S/C28H33N3O2/c1-29(2)24-11-9-22(10-12-24)21-30-19-17-26(18-20-30)31(25-13-15-27(33-3)16-14-25)28(32)23-7-5-4-6-8-23/h4-16,26H,17-21H2,1-3H3. The largest absolute Gasteiger partial charge is 0.497 e. The lowest BCUT2D eigenvalue weighted by Crippen LogP contribution is -2.47. The molecule has 0 aromatic heterocycles. The van der Waals surface area contributed by atoms with Gasteiger partial charge in [-0.3, -0.25) is 9.69 Å². The van der Waals surface area contributed by atoms with Crippen molar-refractivity contribution in [3.05, 3.63) is 90.0 Å². The number of hydrogen-bond donors (Lipinski definition) is 0. The molecule has 0 atom stereocenters. The van der Waals surface area contributed by atoms with Gasteiger partial charge in [-0.05, 0) is 66.9 Å². The maximum absolute atomic E-state index is 13.5. The molecule has 33 heavy (non-hydrogen) atoms. The van der Waals surface area contributed by atoms with Crippen LogP contribution in [0, 0.1) is 0 Å². The normalized spacial score (nSPS) is 14.6. The van der Waals surface area contributed by atoms with Gasteiger partial charge in [0.25, 0.3) is 5.91 Å². The molecule has 1 amide bonds. The molecule has 5 nitrogen and oxygen atoms in total. The van der Waals surface area contributed by atoms with Gasteiger partial charge in [-0.1, -0.05) is 30.3 Å². The first-order valence-electron chi connectivity index (χ1n) is 11.6. The maximum atomic E-state index is 13.5. The van der Waals surface area contributed by atoms with Gasteiger partial charge in [0.15, 0.2) is 0 Å². The SMILES string of the molecule is COc1ccc(N(C(=O)c2ccccc2)C2CCN(Cc3ccc(N(C)C)cc3)CC2)cc1. The van der Waals surface area contributed by atoms with Crippen molar-refractivity contribution >= 4 is 17.3 Å². The second-order valence-electron chi connectivity index (χ2n) is 8.81.